The maximum Gasteiger partial charge on any atom is 0.0619 e. The molecule has 0 aliphatic rings. The molecular formula is C60H40N2. The van der Waals surface area contributed by atoms with Crippen molar-refractivity contribution < 1.29 is 0 Å². The minimum Gasteiger partial charge on any atom is -0.309 e. The van der Waals surface area contributed by atoms with Crippen LogP contribution in [0.4, 0.5) is 0 Å². The summed E-state index contributed by atoms with van der Waals surface area (Å²) in [7, 11) is 0. The van der Waals surface area contributed by atoms with E-state index in [1.165, 1.54) is 99.2 Å². The summed E-state index contributed by atoms with van der Waals surface area (Å²) in [6.45, 7) is 0. The lowest BCUT2D eigenvalue weighted by Gasteiger charge is -2.15. The number of rotatable bonds is 7. The Balaban J connectivity index is 0.977. The van der Waals surface area contributed by atoms with E-state index >= 15 is 0 Å². The molecule has 2 aromatic heterocycles. The Hall–Kier alpha value is -8.20. The summed E-state index contributed by atoms with van der Waals surface area (Å²) in [5, 5.41) is 4.98. The third-order valence-corrected chi connectivity index (χ3v) is 12.5. The summed E-state index contributed by atoms with van der Waals surface area (Å²) in [5.74, 6) is 0. The van der Waals surface area contributed by atoms with Gasteiger partial charge in [0.2, 0.25) is 0 Å². The van der Waals surface area contributed by atoms with Gasteiger partial charge in [-0.05, 0) is 105 Å². The second kappa shape index (κ2) is 14.8. The monoisotopic (exact) mass is 788 g/mol. The van der Waals surface area contributed by atoms with E-state index in [1.807, 2.05) is 0 Å². The topological polar surface area (TPSA) is 9.86 Å². The first-order valence-corrected chi connectivity index (χ1v) is 21.3. The van der Waals surface area contributed by atoms with Crippen LogP contribution in [0.15, 0.2) is 243 Å². The van der Waals surface area contributed by atoms with Gasteiger partial charge in [-0.2, -0.15) is 0 Å². The maximum atomic E-state index is 2.45. The standard InChI is InChI=1S/C60H40N2/c1-5-17-41(18-6-1)47-37-53(45-21-9-3-10-22-45)59-55(39-47)51-25-13-15-27-57(51)61(59)49-33-29-43(30-34-49)44-31-35-50(36-32-44)62-58-28-16-14-26-52(58)56-40-48(42-19-7-2-8-20-42)38-54(60(56)62)46-23-11-4-12-24-46/h1-40H. The summed E-state index contributed by atoms with van der Waals surface area (Å²) in [5.41, 5.74) is 19.1. The van der Waals surface area contributed by atoms with Crippen LogP contribution in [0.3, 0.4) is 0 Å². The normalized spacial score (nSPS) is 11.5. The highest BCUT2D eigenvalue weighted by Gasteiger charge is 2.20. The van der Waals surface area contributed by atoms with E-state index < -0.39 is 0 Å². The van der Waals surface area contributed by atoms with Crippen molar-refractivity contribution in [2.45, 2.75) is 0 Å². The molecular weight excluding hydrogens is 749 g/mol. The second-order valence-corrected chi connectivity index (χ2v) is 16.1. The molecule has 2 nitrogen and oxygen atoms in total. The number of hydrogen-bond donors (Lipinski definition) is 0. The predicted octanol–water partition coefficient (Wildman–Crippen LogP) is 16.2. The highest BCUT2D eigenvalue weighted by atomic mass is 15.0. The summed E-state index contributed by atoms with van der Waals surface area (Å²) in [4.78, 5) is 0. The van der Waals surface area contributed by atoms with Crippen LogP contribution in [0, 0.1) is 0 Å². The zero-order valence-corrected chi connectivity index (χ0v) is 34.0. The fourth-order valence-electron chi connectivity index (χ4n) is 9.61. The lowest BCUT2D eigenvalue weighted by molar-refractivity contribution is 1.18. The van der Waals surface area contributed by atoms with Crippen molar-refractivity contribution in [2.75, 3.05) is 0 Å². The fourth-order valence-corrected chi connectivity index (χ4v) is 9.61. The summed E-state index contributed by atoms with van der Waals surface area (Å²) in [6, 6.07) is 88.3. The van der Waals surface area contributed by atoms with Gasteiger partial charge in [-0.25, -0.2) is 0 Å². The molecule has 2 heterocycles. The Labute approximate surface area is 360 Å². The number of nitrogens with zero attached hydrogens (tertiary/aromatic N) is 2. The van der Waals surface area contributed by atoms with Crippen LogP contribution >= 0.6 is 0 Å². The van der Waals surface area contributed by atoms with E-state index in [1.54, 1.807) is 0 Å². The zero-order chi connectivity index (χ0) is 41.0. The number of hydrogen-bond acceptors (Lipinski definition) is 0. The van der Waals surface area contributed by atoms with E-state index in [2.05, 4.69) is 252 Å². The van der Waals surface area contributed by atoms with Crippen LogP contribution in [0.25, 0.3) is 111 Å². The molecule has 0 fully saturated rings. The molecule has 62 heavy (non-hydrogen) atoms. The molecule has 0 aliphatic heterocycles. The zero-order valence-electron chi connectivity index (χ0n) is 34.0. The average Bonchev–Trinajstić information content (AvgIpc) is 3.88. The molecule has 0 radical (unpaired) electrons. The van der Waals surface area contributed by atoms with E-state index in [0.717, 1.165) is 11.4 Å². The molecule has 0 bridgehead atoms. The van der Waals surface area contributed by atoms with Gasteiger partial charge in [-0.15, -0.1) is 0 Å². The highest BCUT2D eigenvalue weighted by molar-refractivity contribution is 6.16. The number of benzene rings is 10. The van der Waals surface area contributed by atoms with Gasteiger partial charge >= 0.3 is 0 Å². The smallest absolute Gasteiger partial charge is 0.0619 e. The Morgan fingerprint density at radius 1 is 0.210 bits per heavy atom. The van der Waals surface area contributed by atoms with Gasteiger partial charge < -0.3 is 9.13 Å². The van der Waals surface area contributed by atoms with Gasteiger partial charge in [-0.1, -0.05) is 182 Å². The second-order valence-electron chi connectivity index (χ2n) is 16.1. The minimum atomic E-state index is 1.13. The number of fused-ring (bicyclic) bond motifs is 6. The van der Waals surface area contributed by atoms with E-state index in [0.29, 0.717) is 0 Å². The fraction of sp³-hybridized carbons (Fsp3) is 0. The van der Waals surface area contributed by atoms with Crippen molar-refractivity contribution in [1.82, 2.24) is 9.13 Å². The van der Waals surface area contributed by atoms with Crippen LogP contribution in [-0.2, 0) is 0 Å². The maximum absolute atomic E-state index is 2.45. The number of aromatic nitrogens is 2. The quantitative estimate of drug-likeness (QED) is 0.152. The van der Waals surface area contributed by atoms with Crippen molar-refractivity contribution in [3.8, 4) is 67.0 Å². The molecule has 10 aromatic carbocycles. The molecule has 0 aliphatic carbocycles. The van der Waals surface area contributed by atoms with Crippen molar-refractivity contribution in [3.05, 3.63) is 243 Å². The molecule has 0 atom stereocenters. The Morgan fingerprint density at radius 3 is 0.887 bits per heavy atom. The summed E-state index contributed by atoms with van der Waals surface area (Å²) >= 11 is 0. The molecule has 12 rings (SSSR count). The van der Waals surface area contributed by atoms with E-state index in [4.69, 9.17) is 0 Å². The summed E-state index contributed by atoms with van der Waals surface area (Å²) < 4.78 is 4.90. The molecule has 0 saturated heterocycles. The van der Waals surface area contributed by atoms with Crippen LogP contribution in [0.5, 0.6) is 0 Å². The van der Waals surface area contributed by atoms with Gasteiger partial charge in [0, 0.05) is 44.0 Å². The van der Waals surface area contributed by atoms with Crippen LogP contribution < -0.4 is 0 Å². The van der Waals surface area contributed by atoms with Gasteiger partial charge in [0.15, 0.2) is 0 Å². The number of para-hydroxylation sites is 2. The lowest BCUT2D eigenvalue weighted by Crippen LogP contribution is -1.97. The van der Waals surface area contributed by atoms with Crippen molar-refractivity contribution in [1.29, 1.82) is 0 Å². The van der Waals surface area contributed by atoms with Gasteiger partial charge in [0.1, 0.15) is 0 Å². The highest BCUT2D eigenvalue weighted by Crippen LogP contribution is 2.43. The van der Waals surface area contributed by atoms with Crippen LogP contribution in [0.2, 0.25) is 0 Å². The Morgan fingerprint density at radius 2 is 0.516 bits per heavy atom. The SMILES string of the molecule is c1ccc(-c2cc(-c3ccccc3)c3c(c2)c2ccccc2n3-c2ccc(-c3ccc(-n4c5ccccc5c5cc(-c6ccccc6)cc(-c6ccccc6)c54)cc3)cc2)cc1. The largest absolute Gasteiger partial charge is 0.309 e. The Kier molecular flexibility index (Phi) is 8.53. The van der Waals surface area contributed by atoms with Crippen molar-refractivity contribution in [2.24, 2.45) is 0 Å². The summed E-state index contributed by atoms with van der Waals surface area (Å²) in [6.07, 6.45) is 0. The first kappa shape index (κ1) is 35.7. The molecule has 0 spiro atoms. The van der Waals surface area contributed by atoms with Crippen molar-refractivity contribution >= 4 is 43.6 Å². The first-order valence-electron chi connectivity index (χ1n) is 21.3. The van der Waals surface area contributed by atoms with E-state index in [9.17, 15) is 0 Å². The molecule has 2 heteroatoms. The molecule has 0 saturated carbocycles. The Bertz CT molecular complexity index is 3320. The van der Waals surface area contributed by atoms with Crippen LogP contribution in [0.1, 0.15) is 0 Å². The first-order chi connectivity index (χ1) is 30.8. The van der Waals surface area contributed by atoms with Crippen molar-refractivity contribution in [3.63, 3.8) is 0 Å². The average molecular weight is 789 g/mol. The molecule has 12 aromatic rings. The predicted molar refractivity (Wildman–Crippen MR) is 262 cm³/mol. The molecule has 0 amide bonds. The van der Waals surface area contributed by atoms with Gasteiger partial charge in [0.25, 0.3) is 0 Å². The molecule has 290 valence electrons. The lowest BCUT2D eigenvalue weighted by atomic mass is 9.95. The third kappa shape index (κ3) is 5.96. The van der Waals surface area contributed by atoms with Crippen LogP contribution in [-0.4, -0.2) is 9.13 Å². The minimum absolute atomic E-state index is 1.13. The van der Waals surface area contributed by atoms with E-state index in [-0.39, 0.29) is 0 Å². The molecule has 0 unspecified atom stereocenters. The van der Waals surface area contributed by atoms with Gasteiger partial charge in [-0.3, -0.25) is 0 Å². The van der Waals surface area contributed by atoms with Gasteiger partial charge in [0.05, 0.1) is 22.1 Å². The molecule has 0 N–H and O–H groups in total. The third-order valence-electron chi connectivity index (χ3n) is 12.5.